The fourth-order valence-electron chi connectivity index (χ4n) is 4.70. The number of hydrogen-bond acceptors (Lipinski definition) is 4. The molecule has 0 bridgehead atoms. The molecule has 3 rings (SSSR count). The molecule has 0 aromatic heterocycles. The number of ether oxygens (including phenoxy) is 2. The van der Waals surface area contributed by atoms with E-state index in [4.69, 9.17) is 14.6 Å². The number of aliphatic carboxylic acids is 1. The molecule has 3 fully saturated rings. The van der Waals surface area contributed by atoms with Gasteiger partial charge in [0.25, 0.3) is 0 Å². The van der Waals surface area contributed by atoms with Crippen molar-refractivity contribution in [3.63, 3.8) is 0 Å². The van der Waals surface area contributed by atoms with E-state index in [1.165, 1.54) is 5.57 Å². The van der Waals surface area contributed by atoms with Gasteiger partial charge in [0, 0.05) is 25.6 Å². The van der Waals surface area contributed by atoms with Gasteiger partial charge in [-0.25, -0.2) is 0 Å². The molecule has 0 aromatic carbocycles. The lowest BCUT2D eigenvalue weighted by Crippen LogP contribution is -2.32. The van der Waals surface area contributed by atoms with Crippen LogP contribution in [0.3, 0.4) is 0 Å². The van der Waals surface area contributed by atoms with Crippen LogP contribution in [0.2, 0.25) is 0 Å². The molecular weight excluding hydrogens is 308 g/mol. The minimum Gasteiger partial charge on any atom is -0.481 e. The lowest BCUT2D eigenvalue weighted by atomic mass is 9.92. The van der Waals surface area contributed by atoms with Gasteiger partial charge < -0.3 is 19.7 Å². The van der Waals surface area contributed by atoms with E-state index < -0.39 is 5.97 Å². The van der Waals surface area contributed by atoms with Crippen LogP contribution in [0, 0.1) is 17.8 Å². The number of carboxylic acids is 1. The Bertz CT molecular complexity index is 455. The molecular formula is C19H30O5. The molecule has 5 atom stereocenters. The van der Waals surface area contributed by atoms with Gasteiger partial charge in [-0.1, -0.05) is 11.6 Å². The monoisotopic (exact) mass is 338 g/mol. The quantitative estimate of drug-likeness (QED) is 0.551. The summed E-state index contributed by atoms with van der Waals surface area (Å²) in [5, 5.41) is 18.6. The Balaban J connectivity index is 1.49. The highest BCUT2D eigenvalue weighted by molar-refractivity contribution is 5.66. The molecule has 5 heteroatoms. The van der Waals surface area contributed by atoms with Crippen molar-refractivity contribution in [2.45, 2.75) is 70.2 Å². The summed E-state index contributed by atoms with van der Waals surface area (Å²) in [4.78, 5) is 10.6. The number of fused-ring (bicyclic) bond motifs is 1. The average molecular weight is 338 g/mol. The maximum Gasteiger partial charge on any atom is 0.303 e. The zero-order valence-corrected chi connectivity index (χ0v) is 14.4. The number of aliphatic hydroxyl groups is 1. The van der Waals surface area contributed by atoms with Crippen LogP contribution >= 0.6 is 0 Å². The van der Waals surface area contributed by atoms with Crippen LogP contribution in [0.1, 0.15) is 57.8 Å². The maximum atomic E-state index is 10.6. The summed E-state index contributed by atoms with van der Waals surface area (Å²) in [6.07, 6.45) is 10.5. The number of hydrogen-bond donors (Lipinski definition) is 2. The van der Waals surface area contributed by atoms with E-state index in [1.54, 1.807) is 0 Å². The van der Waals surface area contributed by atoms with Crippen molar-refractivity contribution >= 4 is 5.97 Å². The highest BCUT2D eigenvalue weighted by atomic mass is 16.7. The Kier molecular flexibility index (Phi) is 6.31. The van der Waals surface area contributed by atoms with Crippen LogP contribution in [0.4, 0.5) is 0 Å². The second-order valence-corrected chi connectivity index (χ2v) is 7.53. The molecule has 2 aliphatic carbocycles. The number of carbonyl (C=O) groups is 1. The van der Waals surface area contributed by atoms with Gasteiger partial charge in [0.15, 0.2) is 6.29 Å². The van der Waals surface area contributed by atoms with Crippen LogP contribution in [-0.2, 0) is 14.3 Å². The summed E-state index contributed by atoms with van der Waals surface area (Å²) in [5.41, 5.74) is 1.45. The van der Waals surface area contributed by atoms with Crippen LogP contribution < -0.4 is 0 Å². The highest BCUT2D eigenvalue weighted by Crippen LogP contribution is 2.51. The average Bonchev–Trinajstić information content (AvgIpc) is 3.09. The third-order valence-electron chi connectivity index (χ3n) is 5.89. The molecule has 136 valence electrons. The normalized spacial score (nSPS) is 37.7. The summed E-state index contributed by atoms with van der Waals surface area (Å²) in [7, 11) is 0. The molecule has 2 unspecified atom stereocenters. The molecule has 1 aliphatic heterocycles. The van der Waals surface area contributed by atoms with Crippen LogP contribution in [0.15, 0.2) is 11.6 Å². The fourth-order valence-corrected chi connectivity index (χ4v) is 4.70. The molecule has 1 saturated heterocycles. The topological polar surface area (TPSA) is 76.0 Å². The Morgan fingerprint density at radius 1 is 1.33 bits per heavy atom. The summed E-state index contributed by atoms with van der Waals surface area (Å²) < 4.78 is 11.9. The molecule has 0 spiro atoms. The zero-order valence-electron chi connectivity index (χ0n) is 14.4. The Labute approximate surface area is 144 Å². The molecule has 5 nitrogen and oxygen atoms in total. The molecule has 0 aromatic rings. The van der Waals surface area contributed by atoms with Crippen molar-refractivity contribution in [3.8, 4) is 0 Å². The Morgan fingerprint density at radius 2 is 2.21 bits per heavy atom. The number of aliphatic hydroxyl groups excluding tert-OH is 1. The molecule has 24 heavy (non-hydrogen) atoms. The number of allylic oxidation sites excluding steroid dienone is 2. The lowest BCUT2D eigenvalue weighted by molar-refractivity contribution is -0.198. The van der Waals surface area contributed by atoms with E-state index in [9.17, 15) is 9.90 Å². The number of rotatable bonds is 7. The van der Waals surface area contributed by atoms with E-state index in [0.717, 1.165) is 51.6 Å². The number of carboxylic acid groups (broad SMARTS) is 1. The first-order chi connectivity index (χ1) is 11.7. The van der Waals surface area contributed by atoms with Crippen molar-refractivity contribution in [1.29, 1.82) is 0 Å². The smallest absolute Gasteiger partial charge is 0.303 e. The summed E-state index contributed by atoms with van der Waals surface area (Å²) in [6, 6.07) is 0. The van der Waals surface area contributed by atoms with Gasteiger partial charge in [-0.05, 0) is 63.2 Å². The lowest BCUT2D eigenvalue weighted by Gasteiger charge is -2.29. The summed E-state index contributed by atoms with van der Waals surface area (Å²) in [6.45, 7) is 0.974. The van der Waals surface area contributed by atoms with Crippen LogP contribution in [0.5, 0.6) is 0 Å². The minimum atomic E-state index is -0.720. The summed E-state index contributed by atoms with van der Waals surface area (Å²) >= 11 is 0. The van der Waals surface area contributed by atoms with Crippen LogP contribution in [-0.4, -0.2) is 41.8 Å². The molecule has 2 N–H and O–H groups in total. The summed E-state index contributed by atoms with van der Waals surface area (Å²) in [5.74, 6) is 0.600. The first-order valence-corrected chi connectivity index (χ1v) is 9.45. The van der Waals surface area contributed by atoms with E-state index in [0.29, 0.717) is 18.3 Å². The van der Waals surface area contributed by atoms with Gasteiger partial charge in [-0.3, -0.25) is 4.79 Å². The van der Waals surface area contributed by atoms with Gasteiger partial charge in [0.1, 0.15) is 0 Å². The molecule has 0 radical (unpaired) electrons. The van der Waals surface area contributed by atoms with Crippen molar-refractivity contribution in [3.05, 3.63) is 11.6 Å². The van der Waals surface area contributed by atoms with Crippen molar-refractivity contribution in [2.75, 3.05) is 13.2 Å². The molecule has 0 amide bonds. The van der Waals surface area contributed by atoms with Crippen molar-refractivity contribution in [1.82, 2.24) is 0 Å². The second-order valence-electron chi connectivity index (χ2n) is 7.53. The Hall–Kier alpha value is -0.910. The Morgan fingerprint density at radius 3 is 2.92 bits per heavy atom. The predicted octanol–water partition coefficient (Wildman–Crippen LogP) is 3.12. The largest absolute Gasteiger partial charge is 0.481 e. The molecule has 1 heterocycles. The van der Waals surface area contributed by atoms with E-state index in [2.05, 4.69) is 6.08 Å². The highest BCUT2D eigenvalue weighted by Gasteiger charge is 2.47. The number of unbranched alkanes of at least 4 members (excludes halogenated alkanes) is 1. The molecule has 3 aliphatic rings. The van der Waals surface area contributed by atoms with Gasteiger partial charge >= 0.3 is 5.97 Å². The predicted molar refractivity (Wildman–Crippen MR) is 89.4 cm³/mol. The SMILES string of the molecule is O=C(O)CCC/C=C1\CC2C[C@@H](OC3CCCCO3)[C@H](CO)[C@H]2C1. The van der Waals surface area contributed by atoms with Gasteiger partial charge in [-0.2, -0.15) is 0 Å². The standard InChI is InChI=1S/C19H30O5/c20-12-16-15-10-13(5-1-2-6-18(21)22)9-14(15)11-17(16)24-19-7-3-4-8-23-19/h5,14-17,19-20H,1-4,6-12H2,(H,21,22)/b13-5+/t14?,15-,16+,17+,19?/m0/s1. The third kappa shape index (κ3) is 4.38. The first-order valence-electron chi connectivity index (χ1n) is 9.45. The van der Waals surface area contributed by atoms with Crippen molar-refractivity contribution in [2.24, 2.45) is 17.8 Å². The zero-order chi connectivity index (χ0) is 16.9. The van der Waals surface area contributed by atoms with Crippen LogP contribution in [0.25, 0.3) is 0 Å². The second kappa shape index (κ2) is 8.45. The van der Waals surface area contributed by atoms with Gasteiger partial charge in [0.05, 0.1) is 6.10 Å². The van der Waals surface area contributed by atoms with E-state index in [-0.39, 0.29) is 31.3 Å². The van der Waals surface area contributed by atoms with E-state index in [1.807, 2.05) is 0 Å². The fraction of sp³-hybridized carbons (Fsp3) is 0.842. The maximum absolute atomic E-state index is 10.6. The van der Waals surface area contributed by atoms with Gasteiger partial charge in [0.2, 0.25) is 0 Å². The molecule has 2 saturated carbocycles. The minimum absolute atomic E-state index is 0.0809. The van der Waals surface area contributed by atoms with Crippen molar-refractivity contribution < 1.29 is 24.5 Å². The first kappa shape index (κ1) is 17.9. The third-order valence-corrected chi connectivity index (χ3v) is 5.89. The van der Waals surface area contributed by atoms with Gasteiger partial charge in [-0.15, -0.1) is 0 Å². The van der Waals surface area contributed by atoms with E-state index >= 15 is 0 Å².